The van der Waals surface area contributed by atoms with Gasteiger partial charge in [0.2, 0.25) is 11.1 Å². The number of aliphatic imine (C=N–C) groups is 1. The molecule has 0 spiro atoms. The van der Waals surface area contributed by atoms with Gasteiger partial charge < -0.3 is 14.2 Å². The number of hydrogen-bond acceptors (Lipinski definition) is 6. The maximum Gasteiger partial charge on any atom is 0.283 e. The van der Waals surface area contributed by atoms with Crippen LogP contribution in [-0.4, -0.2) is 68.6 Å². The minimum absolute atomic E-state index is 0.0401. The average molecular weight is 491 g/mol. The molecule has 180 valence electrons. The lowest BCUT2D eigenvalue weighted by atomic mass is 10.1. The maximum atomic E-state index is 12.9. The Bertz CT molecular complexity index is 1330. The molecule has 2 amide bonds. The van der Waals surface area contributed by atoms with E-state index < -0.39 is 5.91 Å². The Kier molecular flexibility index (Phi) is 6.16. The van der Waals surface area contributed by atoms with E-state index in [2.05, 4.69) is 33.7 Å². The van der Waals surface area contributed by atoms with Crippen molar-refractivity contribution >= 4 is 45.7 Å². The van der Waals surface area contributed by atoms with E-state index in [9.17, 15) is 9.59 Å². The van der Waals surface area contributed by atoms with Gasteiger partial charge >= 0.3 is 0 Å². The molecule has 10 heteroatoms. The minimum atomic E-state index is -0.481. The van der Waals surface area contributed by atoms with Crippen molar-refractivity contribution in [2.75, 3.05) is 26.3 Å². The van der Waals surface area contributed by atoms with Crippen molar-refractivity contribution < 1.29 is 14.3 Å². The first-order valence-corrected chi connectivity index (χ1v) is 12.2. The molecule has 2 aromatic rings. The molecule has 3 aliphatic rings. The lowest BCUT2D eigenvalue weighted by Gasteiger charge is -2.26. The van der Waals surface area contributed by atoms with Crippen molar-refractivity contribution in [1.29, 1.82) is 5.41 Å². The van der Waals surface area contributed by atoms with Gasteiger partial charge in [-0.2, -0.15) is 15.1 Å². The first-order valence-electron chi connectivity index (χ1n) is 11.4. The van der Waals surface area contributed by atoms with E-state index >= 15 is 0 Å². The van der Waals surface area contributed by atoms with Crippen molar-refractivity contribution in [2.45, 2.75) is 27.2 Å². The Morgan fingerprint density at radius 3 is 2.71 bits per heavy atom. The summed E-state index contributed by atoms with van der Waals surface area (Å²) in [6.07, 6.45) is 1.81. The number of benzene rings is 1. The van der Waals surface area contributed by atoms with Crippen LogP contribution < -0.4 is 0 Å². The highest BCUT2D eigenvalue weighted by Crippen LogP contribution is 2.31. The number of rotatable bonds is 4. The van der Waals surface area contributed by atoms with Gasteiger partial charge in [0, 0.05) is 30.2 Å². The second-order valence-electron chi connectivity index (χ2n) is 8.68. The van der Waals surface area contributed by atoms with Crippen molar-refractivity contribution in [3.8, 4) is 5.69 Å². The Morgan fingerprint density at radius 2 is 1.97 bits per heavy atom. The second-order valence-corrected chi connectivity index (χ2v) is 9.73. The molecule has 5 rings (SSSR count). The van der Waals surface area contributed by atoms with E-state index in [1.165, 1.54) is 16.8 Å². The maximum absolute atomic E-state index is 12.9. The SMILES string of the molecule is Cc1cccc(-n2c(C)cc(C=C3C(=N)N4N=C(CC(=O)N5CCOCC5)SC4=NC3=O)c2C)c1. The van der Waals surface area contributed by atoms with Crippen LogP contribution in [0.1, 0.15) is 28.9 Å². The number of amidine groups is 2. The fourth-order valence-electron chi connectivity index (χ4n) is 4.41. The number of hydrazone groups is 1. The number of amides is 2. The lowest BCUT2D eigenvalue weighted by Crippen LogP contribution is -2.41. The summed E-state index contributed by atoms with van der Waals surface area (Å²) in [5.74, 6) is -0.566. The minimum Gasteiger partial charge on any atom is -0.378 e. The second kappa shape index (κ2) is 9.27. The Hall–Kier alpha value is -3.50. The molecular weight excluding hydrogens is 464 g/mol. The van der Waals surface area contributed by atoms with Crippen LogP contribution in [-0.2, 0) is 14.3 Å². The van der Waals surface area contributed by atoms with Gasteiger partial charge in [-0.25, -0.2) is 0 Å². The largest absolute Gasteiger partial charge is 0.378 e. The third-order valence-corrected chi connectivity index (χ3v) is 7.10. The summed E-state index contributed by atoms with van der Waals surface area (Å²) in [6.45, 7) is 8.24. The topological polar surface area (TPSA) is 103 Å². The molecule has 0 aliphatic carbocycles. The van der Waals surface area contributed by atoms with E-state index in [-0.39, 0.29) is 23.7 Å². The normalized spacial score (nSPS) is 19.2. The Balaban J connectivity index is 1.40. The van der Waals surface area contributed by atoms with Gasteiger partial charge in [-0.3, -0.25) is 15.0 Å². The van der Waals surface area contributed by atoms with Gasteiger partial charge in [-0.15, -0.1) is 0 Å². The number of aromatic nitrogens is 1. The Morgan fingerprint density at radius 1 is 1.20 bits per heavy atom. The van der Waals surface area contributed by atoms with Crippen LogP contribution in [0.3, 0.4) is 0 Å². The fraction of sp³-hybridized carbons (Fsp3) is 0.320. The van der Waals surface area contributed by atoms with Crippen LogP contribution in [0.4, 0.5) is 0 Å². The van der Waals surface area contributed by atoms with Crippen molar-refractivity contribution in [3.63, 3.8) is 0 Å². The van der Waals surface area contributed by atoms with Crippen LogP contribution in [0.2, 0.25) is 0 Å². The number of nitrogens with one attached hydrogen (secondary N) is 1. The first kappa shape index (κ1) is 23.3. The monoisotopic (exact) mass is 490 g/mol. The molecule has 9 nitrogen and oxygen atoms in total. The summed E-state index contributed by atoms with van der Waals surface area (Å²) in [4.78, 5) is 31.4. The third kappa shape index (κ3) is 4.46. The highest BCUT2D eigenvalue weighted by molar-refractivity contribution is 8.27. The van der Waals surface area contributed by atoms with Gasteiger partial charge in [0.15, 0.2) is 5.84 Å². The number of hydrogen-bond donors (Lipinski definition) is 1. The van der Waals surface area contributed by atoms with E-state index in [1.807, 2.05) is 32.0 Å². The van der Waals surface area contributed by atoms with Gasteiger partial charge in [0.05, 0.1) is 25.2 Å². The summed E-state index contributed by atoms with van der Waals surface area (Å²) < 4.78 is 7.43. The molecular formula is C25H26N6O3S. The van der Waals surface area contributed by atoms with E-state index in [0.29, 0.717) is 36.5 Å². The summed E-state index contributed by atoms with van der Waals surface area (Å²) >= 11 is 1.17. The number of morpholine rings is 1. The quantitative estimate of drug-likeness (QED) is 0.663. The zero-order valence-electron chi connectivity index (χ0n) is 19.9. The number of aryl methyl sites for hydroxylation is 2. The molecule has 1 fully saturated rings. The molecule has 3 aliphatic heterocycles. The van der Waals surface area contributed by atoms with Crippen molar-refractivity contribution in [1.82, 2.24) is 14.5 Å². The highest BCUT2D eigenvalue weighted by atomic mass is 32.2. The van der Waals surface area contributed by atoms with Crippen LogP contribution in [0.25, 0.3) is 11.8 Å². The zero-order valence-corrected chi connectivity index (χ0v) is 20.7. The molecule has 1 aromatic carbocycles. The lowest BCUT2D eigenvalue weighted by molar-refractivity contribution is -0.133. The van der Waals surface area contributed by atoms with Crippen LogP contribution in [0, 0.1) is 26.2 Å². The molecule has 0 saturated carbocycles. The molecule has 4 heterocycles. The van der Waals surface area contributed by atoms with E-state index in [1.54, 1.807) is 11.0 Å². The molecule has 1 aromatic heterocycles. The number of carbonyl (C=O) groups excluding carboxylic acids is 2. The van der Waals surface area contributed by atoms with Crippen molar-refractivity contribution in [3.05, 3.63) is 58.4 Å². The molecule has 1 N–H and O–H groups in total. The standard InChI is InChI=1S/C25H26N6O3S/c1-15-5-4-6-19(11-15)30-16(2)12-18(17(30)3)13-20-23(26)31-25(27-24(20)33)35-21(28-31)14-22(32)29-7-9-34-10-8-29/h4-6,11-13,26H,7-10,14H2,1-3H3. The van der Waals surface area contributed by atoms with Gasteiger partial charge in [0.25, 0.3) is 5.91 Å². The third-order valence-electron chi connectivity index (χ3n) is 6.19. The number of fused-ring (bicyclic) bond motifs is 1. The molecule has 0 bridgehead atoms. The predicted octanol–water partition coefficient (Wildman–Crippen LogP) is 3.27. The fourth-order valence-corrected chi connectivity index (χ4v) is 5.29. The molecule has 0 unspecified atom stereocenters. The van der Waals surface area contributed by atoms with Gasteiger partial charge in [0.1, 0.15) is 5.04 Å². The zero-order chi connectivity index (χ0) is 24.7. The molecule has 0 radical (unpaired) electrons. The van der Waals surface area contributed by atoms with Crippen LogP contribution >= 0.6 is 11.8 Å². The molecule has 1 saturated heterocycles. The van der Waals surface area contributed by atoms with E-state index in [4.69, 9.17) is 10.1 Å². The molecule has 35 heavy (non-hydrogen) atoms. The molecule has 0 atom stereocenters. The van der Waals surface area contributed by atoms with Gasteiger partial charge in [-0.05, 0) is 67.9 Å². The first-order chi connectivity index (χ1) is 16.8. The smallest absolute Gasteiger partial charge is 0.283 e. The Labute approximate surface area is 207 Å². The summed E-state index contributed by atoms with van der Waals surface area (Å²) in [5, 5.41) is 15.3. The summed E-state index contributed by atoms with van der Waals surface area (Å²) in [6, 6.07) is 10.2. The van der Waals surface area contributed by atoms with E-state index in [0.717, 1.165) is 28.2 Å². The number of carbonyl (C=O) groups is 2. The van der Waals surface area contributed by atoms with Crippen LogP contribution in [0.5, 0.6) is 0 Å². The number of nitrogens with zero attached hydrogens (tertiary/aromatic N) is 5. The number of ether oxygens (including phenoxy) is 1. The summed E-state index contributed by atoms with van der Waals surface area (Å²) in [7, 11) is 0. The predicted molar refractivity (Wildman–Crippen MR) is 137 cm³/mol. The summed E-state index contributed by atoms with van der Waals surface area (Å²) in [5.41, 5.74) is 5.21. The van der Waals surface area contributed by atoms with Crippen molar-refractivity contribution in [2.24, 2.45) is 10.1 Å². The van der Waals surface area contributed by atoms with Crippen LogP contribution in [0.15, 0.2) is 46.0 Å². The van der Waals surface area contributed by atoms with Gasteiger partial charge in [-0.1, -0.05) is 12.1 Å². The average Bonchev–Trinajstić information content (AvgIpc) is 3.36. The highest BCUT2D eigenvalue weighted by Gasteiger charge is 2.36. The number of thioether (sulfide) groups is 1.